The van der Waals surface area contributed by atoms with Crippen molar-refractivity contribution in [3.8, 4) is 11.3 Å². The van der Waals surface area contributed by atoms with Crippen LogP contribution in [-0.2, 0) is 4.79 Å². The minimum absolute atomic E-state index is 0.0267. The molecule has 26 heavy (non-hydrogen) atoms. The molecule has 1 aromatic heterocycles. The van der Waals surface area contributed by atoms with Crippen molar-refractivity contribution in [2.45, 2.75) is 0 Å². The first-order valence-electron chi connectivity index (χ1n) is 7.98. The number of amides is 1. The molecule has 0 saturated carbocycles. The number of hydrogen-bond donors (Lipinski definition) is 0. The van der Waals surface area contributed by atoms with Gasteiger partial charge in [0.2, 0.25) is 0 Å². The number of nitrogens with zero attached hydrogens (tertiary/aromatic N) is 2. The zero-order chi connectivity index (χ0) is 18.3. The monoisotopic (exact) mass is 346 g/mol. The van der Waals surface area contributed by atoms with E-state index in [1.807, 2.05) is 24.3 Å². The van der Waals surface area contributed by atoms with E-state index in [4.69, 9.17) is 4.42 Å². The number of non-ortho nitro benzene ring substituents is 1. The maximum absolute atomic E-state index is 12.5. The highest BCUT2D eigenvalue weighted by Crippen LogP contribution is 2.37. The summed E-state index contributed by atoms with van der Waals surface area (Å²) in [6.45, 7) is 0. The third-order valence-electron chi connectivity index (χ3n) is 4.37. The minimum atomic E-state index is -0.443. The molecule has 0 unspecified atom stereocenters. The summed E-state index contributed by atoms with van der Waals surface area (Å²) in [5.74, 6) is 1.05. The molecule has 1 aliphatic rings. The number of anilines is 1. The number of carbonyl (C=O) groups is 1. The van der Waals surface area contributed by atoms with Gasteiger partial charge in [0.25, 0.3) is 11.6 Å². The molecule has 4 rings (SSSR count). The van der Waals surface area contributed by atoms with Crippen LogP contribution in [0.2, 0.25) is 0 Å². The van der Waals surface area contributed by atoms with Gasteiger partial charge in [0.1, 0.15) is 11.5 Å². The summed E-state index contributed by atoms with van der Waals surface area (Å²) in [6, 6.07) is 17.3. The Labute approximate surface area is 149 Å². The van der Waals surface area contributed by atoms with Crippen LogP contribution in [0.4, 0.5) is 11.4 Å². The number of carbonyl (C=O) groups excluding carboxylic acids is 1. The van der Waals surface area contributed by atoms with Crippen molar-refractivity contribution < 1.29 is 14.1 Å². The number of fused-ring (bicyclic) bond motifs is 1. The van der Waals surface area contributed by atoms with Gasteiger partial charge in [-0.1, -0.05) is 18.2 Å². The Bertz CT molecular complexity index is 1050. The van der Waals surface area contributed by atoms with Crippen molar-refractivity contribution in [1.82, 2.24) is 0 Å². The number of rotatable bonds is 3. The number of furan rings is 1. The van der Waals surface area contributed by atoms with E-state index in [9.17, 15) is 14.9 Å². The second kappa shape index (κ2) is 6.00. The van der Waals surface area contributed by atoms with Crippen molar-refractivity contribution in [1.29, 1.82) is 0 Å². The fourth-order valence-corrected chi connectivity index (χ4v) is 3.01. The summed E-state index contributed by atoms with van der Waals surface area (Å²) in [6.07, 6.45) is 1.72. The van der Waals surface area contributed by atoms with Crippen LogP contribution in [0.15, 0.2) is 65.1 Å². The van der Waals surface area contributed by atoms with Gasteiger partial charge in [0.05, 0.1) is 16.2 Å². The lowest BCUT2D eigenvalue weighted by Crippen LogP contribution is -2.20. The van der Waals surface area contributed by atoms with Crippen LogP contribution in [0.25, 0.3) is 23.0 Å². The Kier molecular flexibility index (Phi) is 3.65. The Morgan fingerprint density at radius 3 is 2.50 bits per heavy atom. The number of benzene rings is 2. The van der Waals surface area contributed by atoms with Crippen LogP contribution in [0.5, 0.6) is 0 Å². The van der Waals surface area contributed by atoms with Gasteiger partial charge >= 0.3 is 0 Å². The van der Waals surface area contributed by atoms with Crippen LogP contribution in [0, 0.1) is 10.1 Å². The molecule has 2 aromatic carbocycles. The molecule has 6 nitrogen and oxygen atoms in total. The summed E-state index contributed by atoms with van der Waals surface area (Å²) < 4.78 is 5.81. The Balaban J connectivity index is 1.68. The van der Waals surface area contributed by atoms with Gasteiger partial charge in [-0.15, -0.1) is 0 Å². The molecule has 3 aromatic rings. The van der Waals surface area contributed by atoms with E-state index in [2.05, 4.69) is 0 Å². The molecule has 1 amide bonds. The Morgan fingerprint density at radius 1 is 1.04 bits per heavy atom. The second-order valence-electron chi connectivity index (χ2n) is 5.95. The van der Waals surface area contributed by atoms with Crippen LogP contribution in [0.3, 0.4) is 0 Å². The third kappa shape index (κ3) is 2.57. The summed E-state index contributed by atoms with van der Waals surface area (Å²) in [4.78, 5) is 24.4. The highest BCUT2D eigenvalue weighted by Gasteiger charge is 2.29. The molecule has 0 radical (unpaired) electrons. The fraction of sp³-hybridized carbons (Fsp3) is 0.0500. The van der Waals surface area contributed by atoms with Gasteiger partial charge in [0, 0.05) is 30.3 Å². The first-order valence-corrected chi connectivity index (χ1v) is 7.98. The summed E-state index contributed by atoms with van der Waals surface area (Å²) in [5.41, 5.74) is 3.07. The highest BCUT2D eigenvalue weighted by molar-refractivity contribution is 6.35. The Morgan fingerprint density at radius 2 is 1.77 bits per heavy atom. The number of nitro benzene ring substituents is 1. The van der Waals surface area contributed by atoms with Crippen molar-refractivity contribution in [3.63, 3.8) is 0 Å². The molecular weight excluding hydrogens is 332 g/mol. The molecule has 0 aliphatic carbocycles. The SMILES string of the molecule is CN1C(=O)/C(=C\c2ccc(-c3ccc([N+](=O)[O-])cc3)o2)c2ccccc21. The van der Waals surface area contributed by atoms with Gasteiger partial charge < -0.3 is 9.32 Å². The number of nitro groups is 1. The topological polar surface area (TPSA) is 76.6 Å². The molecule has 0 spiro atoms. The van der Waals surface area contributed by atoms with Crippen molar-refractivity contribution in [2.75, 3.05) is 11.9 Å². The van der Waals surface area contributed by atoms with Crippen molar-refractivity contribution in [3.05, 3.63) is 82.1 Å². The average Bonchev–Trinajstić information content (AvgIpc) is 3.22. The lowest BCUT2D eigenvalue weighted by molar-refractivity contribution is -0.384. The van der Waals surface area contributed by atoms with Crippen molar-refractivity contribution >= 4 is 28.9 Å². The van der Waals surface area contributed by atoms with Crippen LogP contribution >= 0.6 is 0 Å². The van der Waals surface area contributed by atoms with Crippen LogP contribution in [0.1, 0.15) is 11.3 Å². The molecule has 0 N–H and O–H groups in total. The molecule has 0 saturated heterocycles. The predicted octanol–water partition coefficient (Wildman–Crippen LogP) is 4.37. The van der Waals surface area contributed by atoms with Crippen LogP contribution < -0.4 is 4.90 Å². The van der Waals surface area contributed by atoms with E-state index in [1.54, 1.807) is 42.3 Å². The zero-order valence-corrected chi connectivity index (χ0v) is 13.9. The summed E-state index contributed by atoms with van der Waals surface area (Å²) >= 11 is 0. The molecule has 0 atom stereocenters. The van der Waals surface area contributed by atoms with E-state index < -0.39 is 4.92 Å². The van der Waals surface area contributed by atoms with E-state index in [1.165, 1.54) is 12.1 Å². The molecular formula is C20H14N2O4. The molecule has 128 valence electrons. The lowest BCUT2D eigenvalue weighted by Gasteiger charge is -2.07. The van der Waals surface area contributed by atoms with Gasteiger partial charge in [-0.3, -0.25) is 14.9 Å². The predicted molar refractivity (Wildman–Crippen MR) is 98.5 cm³/mol. The second-order valence-corrected chi connectivity index (χ2v) is 5.95. The molecule has 1 aliphatic heterocycles. The van der Waals surface area contributed by atoms with Gasteiger partial charge in [-0.25, -0.2) is 0 Å². The molecule has 2 heterocycles. The van der Waals surface area contributed by atoms with E-state index in [0.29, 0.717) is 17.1 Å². The lowest BCUT2D eigenvalue weighted by atomic mass is 10.1. The maximum atomic E-state index is 12.5. The third-order valence-corrected chi connectivity index (χ3v) is 4.37. The first kappa shape index (κ1) is 15.8. The molecule has 6 heteroatoms. The van der Waals surface area contributed by atoms with E-state index in [0.717, 1.165) is 16.8 Å². The minimum Gasteiger partial charge on any atom is -0.457 e. The summed E-state index contributed by atoms with van der Waals surface area (Å²) in [7, 11) is 1.74. The van der Waals surface area contributed by atoms with Gasteiger partial charge in [0.15, 0.2) is 0 Å². The van der Waals surface area contributed by atoms with Gasteiger partial charge in [-0.05, 0) is 36.4 Å². The van der Waals surface area contributed by atoms with E-state index >= 15 is 0 Å². The quantitative estimate of drug-likeness (QED) is 0.401. The maximum Gasteiger partial charge on any atom is 0.269 e. The van der Waals surface area contributed by atoms with E-state index in [-0.39, 0.29) is 11.6 Å². The standard InChI is InChI=1S/C20H14N2O4/c1-21-18-5-3-2-4-16(18)17(20(21)23)12-15-10-11-19(26-15)13-6-8-14(9-7-13)22(24)25/h2-12H,1H3/b17-12-. The fourth-order valence-electron chi connectivity index (χ4n) is 3.01. The highest BCUT2D eigenvalue weighted by atomic mass is 16.6. The first-order chi connectivity index (χ1) is 12.5. The summed E-state index contributed by atoms with van der Waals surface area (Å²) in [5, 5.41) is 10.7. The largest absolute Gasteiger partial charge is 0.457 e. The normalized spacial score (nSPS) is 14.7. The number of likely N-dealkylation sites (N-methyl/N-ethyl adjacent to an activating group) is 1. The number of para-hydroxylation sites is 1. The Hall–Kier alpha value is -3.67. The smallest absolute Gasteiger partial charge is 0.269 e. The molecule has 0 fully saturated rings. The molecule has 0 bridgehead atoms. The number of hydrogen-bond acceptors (Lipinski definition) is 4. The zero-order valence-electron chi connectivity index (χ0n) is 13.9. The van der Waals surface area contributed by atoms with Gasteiger partial charge in [-0.2, -0.15) is 0 Å². The van der Waals surface area contributed by atoms with Crippen LogP contribution in [-0.4, -0.2) is 17.9 Å². The average molecular weight is 346 g/mol. The van der Waals surface area contributed by atoms with Crippen molar-refractivity contribution in [2.24, 2.45) is 0 Å².